The van der Waals surface area contributed by atoms with Gasteiger partial charge >= 0.3 is 0 Å². The Balaban J connectivity index is 2.01. The van der Waals surface area contributed by atoms with Gasteiger partial charge in [-0.15, -0.1) is 0 Å². The summed E-state index contributed by atoms with van der Waals surface area (Å²) in [5, 5.41) is 2.97. The molecule has 1 heterocycles. The molecule has 1 aliphatic rings. The zero-order valence-electron chi connectivity index (χ0n) is 17.0. The lowest BCUT2D eigenvalue weighted by Gasteiger charge is -2.45. The van der Waals surface area contributed by atoms with Crippen LogP contribution in [-0.2, 0) is 14.8 Å². The second kappa shape index (κ2) is 8.26. The fourth-order valence-electron chi connectivity index (χ4n) is 3.17. The average molecular weight is 398 g/mol. The Morgan fingerprint density at radius 3 is 2.19 bits per heavy atom. The molecular formula is C19H31N3O4S. The van der Waals surface area contributed by atoms with Crippen LogP contribution in [-0.4, -0.2) is 75.0 Å². The van der Waals surface area contributed by atoms with E-state index in [0.29, 0.717) is 12.1 Å². The minimum Gasteiger partial charge on any atom is -0.373 e. The highest BCUT2D eigenvalue weighted by atomic mass is 32.2. The molecular weight excluding hydrogens is 366 g/mol. The summed E-state index contributed by atoms with van der Waals surface area (Å²) in [6, 6.07) is 6.00. The zero-order valence-corrected chi connectivity index (χ0v) is 17.8. The quantitative estimate of drug-likeness (QED) is 0.788. The van der Waals surface area contributed by atoms with Crippen LogP contribution in [0.5, 0.6) is 0 Å². The summed E-state index contributed by atoms with van der Waals surface area (Å²) < 4.78 is 31.1. The van der Waals surface area contributed by atoms with Crippen molar-refractivity contribution in [3.8, 4) is 0 Å². The Morgan fingerprint density at radius 2 is 1.70 bits per heavy atom. The van der Waals surface area contributed by atoms with Gasteiger partial charge in [-0.05, 0) is 52.0 Å². The summed E-state index contributed by atoms with van der Waals surface area (Å²) in [4.78, 5) is 15.0. The second-order valence-corrected chi connectivity index (χ2v) is 10.1. The number of hydrogen-bond acceptors (Lipinski definition) is 5. The number of hydrogen-bond donors (Lipinski definition) is 1. The first-order chi connectivity index (χ1) is 12.4. The van der Waals surface area contributed by atoms with Crippen molar-refractivity contribution in [3.05, 3.63) is 29.8 Å². The van der Waals surface area contributed by atoms with Crippen molar-refractivity contribution >= 4 is 15.9 Å². The molecule has 27 heavy (non-hydrogen) atoms. The Bertz CT molecular complexity index is 750. The molecule has 1 aromatic rings. The van der Waals surface area contributed by atoms with Crippen LogP contribution < -0.4 is 5.32 Å². The van der Waals surface area contributed by atoms with Crippen LogP contribution in [0.25, 0.3) is 0 Å². The molecule has 1 saturated heterocycles. The lowest BCUT2D eigenvalue weighted by molar-refractivity contribution is -0.0948. The molecule has 8 heteroatoms. The van der Waals surface area contributed by atoms with Crippen molar-refractivity contribution in [1.82, 2.24) is 14.5 Å². The lowest BCUT2D eigenvalue weighted by Crippen LogP contribution is -2.58. The third-order valence-electron chi connectivity index (χ3n) is 4.85. The maximum absolute atomic E-state index is 12.5. The predicted octanol–water partition coefficient (Wildman–Crippen LogP) is 1.55. The predicted molar refractivity (Wildman–Crippen MR) is 105 cm³/mol. The zero-order chi connectivity index (χ0) is 20.4. The Hall–Kier alpha value is -1.48. The molecule has 0 bridgehead atoms. The topological polar surface area (TPSA) is 79.0 Å². The summed E-state index contributed by atoms with van der Waals surface area (Å²) in [7, 11) is -0.542. The molecule has 0 spiro atoms. The second-order valence-electron chi connectivity index (χ2n) is 7.97. The molecule has 2 rings (SSSR count). The van der Waals surface area contributed by atoms with Gasteiger partial charge in [0.05, 0.1) is 17.1 Å². The van der Waals surface area contributed by atoms with E-state index in [1.54, 1.807) is 0 Å². The van der Waals surface area contributed by atoms with E-state index >= 15 is 0 Å². The van der Waals surface area contributed by atoms with E-state index < -0.39 is 10.0 Å². The molecule has 0 aromatic heterocycles. The number of carbonyl (C=O) groups is 1. The van der Waals surface area contributed by atoms with Crippen molar-refractivity contribution in [3.63, 3.8) is 0 Å². The molecule has 1 fully saturated rings. The largest absolute Gasteiger partial charge is 0.373 e. The molecule has 0 unspecified atom stereocenters. The monoisotopic (exact) mass is 397 g/mol. The van der Waals surface area contributed by atoms with Crippen LogP contribution in [0.1, 0.15) is 38.1 Å². The Labute approximate surface area is 162 Å². The van der Waals surface area contributed by atoms with Gasteiger partial charge in [0.1, 0.15) is 0 Å². The van der Waals surface area contributed by atoms with E-state index in [1.807, 2.05) is 0 Å². The van der Waals surface area contributed by atoms with Gasteiger partial charge in [-0.2, -0.15) is 0 Å². The van der Waals surface area contributed by atoms with Crippen molar-refractivity contribution in [2.45, 2.75) is 50.3 Å². The number of benzene rings is 1. The smallest absolute Gasteiger partial charge is 0.251 e. The van der Waals surface area contributed by atoms with E-state index in [9.17, 15) is 13.2 Å². The molecule has 1 aliphatic heterocycles. The fourth-order valence-corrected chi connectivity index (χ4v) is 4.07. The number of ether oxygens (including phenoxy) is 1. The summed E-state index contributed by atoms with van der Waals surface area (Å²) in [6.45, 7) is 10.5. The van der Waals surface area contributed by atoms with E-state index in [-0.39, 0.29) is 28.5 Å². The first-order valence-corrected chi connectivity index (χ1v) is 10.6. The number of morpholine rings is 1. The van der Waals surface area contributed by atoms with Crippen LogP contribution in [0, 0.1) is 0 Å². The lowest BCUT2D eigenvalue weighted by atomic mass is 10.00. The third-order valence-corrected chi connectivity index (χ3v) is 6.68. The molecule has 0 aliphatic carbocycles. The Kier molecular flexibility index (Phi) is 6.68. The number of rotatable bonds is 6. The maximum atomic E-state index is 12.5. The summed E-state index contributed by atoms with van der Waals surface area (Å²) in [5.41, 5.74) is 0.225. The van der Waals surface area contributed by atoms with Gasteiger partial charge in [0.2, 0.25) is 10.0 Å². The van der Waals surface area contributed by atoms with Crippen LogP contribution in [0.3, 0.4) is 0 Å². The van der Waals surface area contributed by atoms with Crippen LogP contribution in [0.15, 0.2) is 29.2 Å². The van der Waals surface area contributed by atoms with Gasteiger partial charge in [0.15, 0.2) is 0 Å². The van der Waals surface area contributed by atoms with Crippen LogP contribution in [0.2, 0.25) is 0 Å². The van der Waals surface area contributed by atoms with Crippen molar-refractivity contribution < 1.29 is 17.9 Å². The number of nitrogens with one attached hydrogen (secondary N) is 1. The van der Waals surface area contributed by atoms with Gasteiger partial charge in [-0.3, -0.25) is 9.69 Å². The minimum atomic E-state index is -3.50. The maximum Gasteiger partial charge on any atom is 0.251 e. The fraction of sp³-hybridized carbons (Fsp3) is 0.632. The Morgan fingerprint density at radius 1 is 1.19 bits per heavy atom. The van der Waals surface area contributed by atoms with Gasteiger partial charge in [-0.1, -0.05) is 0 Å². The van der Waals surface area contributed by atoms with Crippen LogP contribution >= 0.6 is 0 Å². The molecule has 152 valence electrons. The third kappa shape index (κ3) is 5.28. The van der Waals surface area contributed by atoms with Gasteiger partial charge in [0, 0.05) is 44.8 Å². The van der Waals surface area contributed by atoms with Crippen LogP contribution in [0.4, 0.5) is 0 Å². The van der Waals surface area contributed by atoms with Gasteiger partial charge in [0.25, 0.3) is 5.91 Å². The molecule has 0 radical (unpaired) electrons. The SMILES string of the molecule is C[C@@H]1CN(C(C)(C)CNC(=O)c2ccc(S(=O)(=O)N(C)C)cc2)C[C@H](C)O1. The molecule has 1 amide bonds. The van der Waals surface area contributed by atoms with Crippen molar-refractivity contribution in [1.29, 1.82) is 0 Å². The van der Waals surface area contributed by atoms with E-state index in [4.69, 9.17) is 4.74 Å². The number of amides is 1. The highest BCUT2D eigenvalue weighted by molar-refractivity contribution is 7.89. The highest BCUT2D eigenvalue weighted by Crippen LogP contribution is 2.21. The van der Waals surface area contributed by atoms with E-state index in [1.165, 1.54) is 38.4 Å². The number of carbonyl (C=O) groups excluding carboxylic acids is 1. The van der Waals surface area contributed by atoms with Crippen molar-refractivity contribution in [2.24, 2.45) is 0 Å². The average Bonchev–Trinajstić information content (AvgIpc) is 2.59. The van der Waals surface area contributed by atoms with Gasteiger partial charge < -0.3 is 10.1 Å². The molecule has 1 N–H and O–H groups in total. The summed E-state index contributed by atoms with van der Waals surface area (Å²) >= 11 is 0. The summed E-state index contributed by atoms with van der Waals surface area (Å²) in [6.07, 6.45) is 0.324. The minimum absolute atomic E-state index is 0.162. The van der Waals surface area contributed by atoms with Crippen molar-refractivity contribution in [2.75, 3.05) is 33.7 Å². The normalized spacial score (nSPS) is 22.0. The molecule has 0 saturated carbocycles. The van der Waals surface area contributed by atoms with E-state index in [0.717, 1.165) is 17.4 Å². The first kappa shape index (κ1) is 21.8. The molecule has 1 aromatic carbocycles. The first-order valence-electron chi connectivity index (χ1n) is 9.15. The molecule has 7 nitrogen and oxygen atoms in total. The van der Waals surface area contributed by atoms with Gasteiger partial charge in [-0.25, -0.2) is 12.7 Å². The number of sulfonamides is 1. The number of nitrogens with zero attached hydrogens (tertiary/aromatic N) is 2. The highest BCUT2D eigenvalue weighted by Gasteiger charge is 2.33. The molecule has 2 atom stereocenters. The van der Waals surface area contributed by atoms with E-state index in [2.05, 4.69) is 37.9 Å². The standard InChI is InChI=1S/C19H31N3O4S/c1-14-11-22(12-15(2)26-14)19(3,4)13-20-18(23)16-7-9-17(10-8-16)27(24,25)21(5)6/h7-10,14-15H,11-13H2,1-6H3,(H,20,23)/t14-,15+. The summed E-state index contributed by atoms with van der Waals surface area (Å²) in [5.74, 6) is -0.216.